The van der Waals surface area contributed by atoms with E-state index in [0.29, 0.717) is 0 Å². The number of carbonyl (C=O) groups is 1. The van der Waals surface area contributed by atoms with Gasteiger partial charge in [0.15, 0.2) is 5.69 Å². The number of benzene rings is 1. The van der Waals surface area contributed by atoms with Crippen LogP contribution in [0.4, 0.5) is 0 Å². The molecule has 0 radical (unpaired) electrons. The third kappa shape index (κ3) is 2.03. The molecule has 1 aromatic carbocycles. The molecule has 0 saturated carbocycles. The Balaban J connectivity index is 2.19. The summed E-state index contributed by atoms with van der Waals surface area (Å²) >= 11 is 0. The van der Waals surface area contributed by atoms with E-state index in [1.165, 1.54) is 0 Å². The highest BCUT2D eigenvalue weighted by molar-refractivity contribution is 5.87. The molecule has 0 aliphatic heterocycles. The van der Waals surface area contributed by atoms with Crippen molar-refractivity contribution in [3.05, 3.63) is 46.8 Å². The molecule has 4 heteroatoms. The van der Waals surface area contributed by atoms with Gasteiger partial charge in [-0.1, -0.05) is 12.1 Å². The first kappa shape index (κ1) is 12.0. The highest BCUT2D eigenvalue weighted by Crippen LogP contribution is 2.27. The van der Waals surface area contributed by atoms with Crippen molar-refractivity contribution in [1.82, 2.24) is 9.78 Å². The molecular weight excluding hydrogens is 240 g/mol. The highest BCUT2D eigenvalue weighted by Gasteiger charge is 2.25. The van der Waals surface area contributed by atoms with Gasteiger partial charge in [-0.2, -0.15) is 5.10 Å². The summed E-state index contributed by atoms with van der Waals surface area (Å²) in [6.07, 6.45) is 3.88. The van der Waals surface area contributed by atoms with Gasteiger partial charge in [0.2, 0.25) is 0 Å². The summed E-state index contributed by atoms with van der Waals surface area (Å²) in [6.45, 7) is 2.03. The van der Waals surface area contributed by atoms with Crippen LogP contribution < -0.4 is 0 Å². The molecule has 0 amide bonds. The molecule has 0 spiro atoms. The molecule has 4 nitrogen and oxygen atoms in total. The third-order valence-corrected chi connectivity index (χ3v) is 3.63. The molecule has 0 bridgehead atoms. The number of hydrogen-bond donors (Lipinski definition) is 1. The number of nitrogens with zero attached hydrogens (tertiary/aromatic N) is 2. The minimum Gasteiger partial charge on any atom is -0.476 e. The Labute approximate surface area is 111 Å². The van der Waals surface area contributed by atoms with Gasteiger partial charge < -0.3 is 5.11 Å². The van der Waals surface area contributed by atoms with Crippen molar-refractivity contribution >= 4 is 5.97 Å². The van der Waals surface area contributed by atoms with Crippen LogP contribution in [-0.4, -0.2) is 20.9 Å². The average molecular weight is 256 g/mol. The van der Waals surface area contributed by atoms with Gasteiger partial charge in [-0.05, 0) is 50.3 Å². The summed E-state index contributed by atoms with van der Waals surface area (Å²) in [5.74, 6) is -0.926. The molecule has 0 atom stereocenters. The normalized spacial score (nSPS) is 14.2. The second kappa shape index (κ2) is 4.53. The van der Waals surface area contributed by atoms with Gasteiger partial charge in [0, 0.05) is 11.3 Å². The van der Waals surface area contributed by atoms with E-state index in [1.807, 2.05) is 35.9 Å². The zero-order valence-corrected chi connectivity index (χ0v) is 10.9. The molecule has 0 saturated heterocycles. The Morgan fingerprint density at radius 1 is 1.32 bits per heavy atom. The fourth-order valence-electron chi connectivity index (χ4n) is 2.74. The second-order valence-electron chi connectivity index (χ2n) is 5.04. The lowest BCUT2D eigenvalue weighted by molar-refractivity contribution is 0.0688. The fraction of sp³-hybridized carbons (Fsp3) is 0.333. The average Bonchev–Trinajstić information content (AvgIpc) is 2.78. The number of aryl methyl sites for hydroxylation is 1. The van der Waals surface area contributed by atoms with Crippen LogP contribution in [0.5, 0.6) is 0 Å². The zero-order chi connectivity index (χ0) is 13.4. The molecule has 1 heterocycles. The van der Waals surface area contributed by atoms with Crippen molar-refractivity contribution in [3.63, 3.8) is 0 Å². The van der Waals surface area contributed by atoms with E-state index in [-0.39, 0.29) is 5.69 Å². The van der Waals surface area contributed by atoms with Gasteiger partial charge >= 0.3 is 5.97 Å². The van der Waals surface area contributed by atoms with E-state index >= 15 is 0 Å². The predicted octanol–water partition coefficient (Wildman–Crippen LogP) is 2.76. The van der Waals surface area contributed by atoms with Crippen LogP contribution in [0.2, 0.25) is 0 Å². The first-order chi connectivity index (χ1) is 9.16. The molecule has 3 rings (SSSR count). The van der Waals surface area contributed by atoms with Crippen molar-refractivity contribution in [3.8, 4) is 5.69 Å². The Morgan fingerprint density at radius 3 is 2.84 bits per heavy atom. The fourth-order valence-corrected chi connectivity index (χ4v) is 2.74. The van der Waals surface area contributed by atoms with E-state index in [1.54, 1.807) is 0 Å². The predicted molar refractivity (Wildman–Crippen MR) is 71.9 cm³/mol. The molecule has 1 aliphatic rings. The molecular formula is C15H16N2O2. The quantitative estimate of drug-likeness (QED) is 0.898. The number of carboxylic acid groups (broad SMARTS) is 1. The lowest BCUT2D eigenvalue weighted by Gasteiger charge is -2.14. The van der Waals surface area contributed by atoms with E-state index in [9.17, 15) is 9.90 Å². The Hall–Kier alpha value is -2.10. The molecule has 1 N–H and O–H groups in total. The molecule has 19 heavy (non-hydrogen) atoms. The second-order valence-corrected chi connectivity index (χ2v) is 5.04. The number of hydrogen-bond acceptors (Lipinski definition) is 2. The van der Waals surface area contributed by atoms with Crippen LogP contribution in [0.1, 0.15) is 40.2 Å². The van der Waals surface area contributed by atoms with Crippen molar-refractivity contribution in [2.24, 2.45) is 0 Å². The Morgan fingerprint density at radius 2 is 2.11 bits per heavy atom. The monoisotopic (exact) mass is 256 g/mol. The van der Waals surface area contributed by atoms with Gasteiger partial charge in [-0.3, -0.25) is 0 Å². The topological polar surface area (TPSA) is 55.1 Å². The minimum absolute atomic E-state index is 0.219. The summed E-state index contributed by atoms with van der Waals surface area (Å²) < 4.78 is 1.81. The lowest BCUT2D eigenvalue weighted by Crippen LogP contribution is -2.08. The SMILES string of the molecule is Cc1cccc(-n2nc(C(=O)O)c3c2CCCC3)c1. The standard InChI is InChI=1S/C15H16N2O2/c1-10-5-4-6-11(9-10)17-13-8-3-2-7-12(13)14(16-17)15(18)19/h4-6,9H,2-3,7-8H2,1H3,(H,18,19). The number of carboxylic acids is 1. The van der Waals surface area contributed by atoms with Crippen LogP contribution >= 0.6 is 0 Å². The van der Waals surface area contributed by atoms with Crippen molar-refractivity contribution < 1.29 is 9.90 Å². The maximum Gasteiger partial charge on any atom is 0.356 e. The number of fused-ring (bicyclic) bond motifs is 1. The van der Waals surface area contributed by atoms with E-state index in [2.05, 4.69) is 5.10 Å². The zero-order valence-electron chi connectivity index (χ0n) is 10.9. The smallest absolute Gasteiger partial charge is 0.356 e. The number of aromatic carboxylic acids is 1. The van der Waals surface area contributed by atoms with Crippen molar-refractivity contribution in [2.45, 2.75) is 32.6 Å². The van der Waals surface area contributed by atoms with Crippen molar-refractivity contribution in [1.29, 1.82) is 0 Å². The van der Waals surface area contributed by atoms with Crippen LogP contribution in [0, 0.1) is 6.92 Å². The number of rotatable bonds is 2. The maximum atomic E-state index is 11.3. The third-order valence-electron chi connectivity index (χ3n) is 3.63. The van der Waals surface area contributed by atoms with Gasteiger partial charge in [-0.15, -0.1) is 0 Å². The van der Waals surface area contributed by atoms with Crippen LogP contribution in [0.25, 0.3) is 5.69 Å². The van der Waals surface area contributed by atoms with Gasteiger partial charge in [0.1, 0.15) is 0 Å². The molecule has 2 aromatic rings. The van der Waals surface area contributed by atoms with E-state index < -0.39 is 5.97 Å². The van der Waals surface area contributed by atoms with Gasteiger partial charge in [0.25, 0.3) is 0 Å². The first-order valence-corrected chi connectivity index (χ1v) is 6.58. The summed E-state index contributed by atoms with van der Waals surface area (Å²) in [5.41, 5.74) is 4.30. The largest absolute Gasteiger partial charge is 0.476 e. The van der Waals surface area contributed by atoms with E-state index in [0.717, 1.165) is 48.2 Å². The lowest BCUT2D eigenvalue weighted by atomic mass is 9.95. The summed E-state index contributed by atoms with van der Waals surface area (Å²) in [7, 11) is 0. The minimum atomic E-state index is -0.926. The molecule has 0 unspecified atom stereocenters. The highest BCUT2D eigenvalue weighted by atomic mass is 16.4. The van der Waals surface area contributed by atoms with Crippen LogP contribution in [0.3, 0.4) is 0 Å². The maximum absolute atomic E-state index is 11.3. The van der Waals surface area contributed by atoms with Gasteiger partial charge in [0.05, 0.1) is 5.69 Å². The summed E-state index contributed by atoms with van der Waals surface area (Å²) in [6, 6.07) is 8.01. The van der Waals surface area contributed by atoms with Crippen LogP contribution in [-0.2, 0) is 12.8 Å². The molecule has 1 aliphatic carbocycles. The Kier molecular flexibility index (Phi) is 2.85. The number of aromatic nitrogens is 2. The molecule has 98 valence electrons. The first-order valence-electron chi connectivity index (χ1n) is 6.58. The Bertz CT molecular complexity index is 644. The molecule has 1 aromatic heterocycles. The van der Waals surface area contributed by atoms with Crippen molar-refractivity contribution in [2.75, 3.05) is 0 Å². The van der Waals surface area contributed by atoms with E-state index in [4.69, 9.17) is 0 Å². The van der Waals surface area contributed by atoms with Crippen LogP contribution in [0.15, 0.2) is 24.3 Å². The summed E-state index contributed by atoms with van der Waals surface area (Å²) in [5, 5.41) is 13.6. The van der Waals surface area contributed by atoms with Gasteiger partial charge in [-0.25, -0.2) is 9.48 Å². The molecule has 0 fully saturated rings. The summed E-state index contributed by atoms with van der Waals surface area (Å²) in [4.78, 5) is 11.3.